The summed E-state index contributed by atoms with van der Waals surface area (Å²) in [7, 11) is 0. The first kappa shape index (κ1) is 9.97. The fraction of sp³-hybridized carbons (Fsp3) is 0.308. The van der Waals surface area contributed by atoms with Gasteiger partial charge in [-0.1, -0.05) is 32.0 Å². The molecule has 1 aromatic heterocycles. The first-order chi connectivity index (χ1) is 7.24. The summed E-state index contributed by atoms with van der Waals surface area (Å²) >= 11 is 0. The molecule has 1 aromatic carbocycles. The molecule has 78 valence electrons. The van der Waals surface area contributed by atoms with Crippen LogP contribution in [-0.2, 0) is 0 Å². The molecular formula is C13H16N2. The van der Waals surface area contributed by atoms with Crippen LogP contribution >= 0.6 is 0 Å². The second kappa shape index (κ2) is 3.89. The predicted octanol–water partition coefficient (Wildman–Crippen LogP) is 3.33. The van der Waals surface area contributed by atoms with Crippen LogP contribution in [0.1, 0.15) is 31.7 Å². The molecule has 0 spiro atoms. The zero-order valence-corrected chi connectivity index (χ0v) is 9.20. The van der Waals surface area contributed by atoms with E-state index in [-0.39, 0.29) is 0 Å². The summed E-state index contributed by atoms with van der Waals surface area (Å²) in [5, 5.41) is 2.30. The van der Waals surface area contributed by atoms with Crippen LogP contribution in [0.15, 0.2) is 30.5 Å². The van der Waals surface area contributed by atoms with E-state index in [1.54, 1.807) is 6.20 Å². The molecule has 0 amide bonds. The summed E-state index contributed by atoms with van der Waals surface area (Å²) in [4.78, 5) is 4.11. The minimum Gasteiger partial charge on any atom is -0.383 e. The van der Waals surface area contributed by atoms with Gasteiger partial charge in [-0.15, -0.1) is 0 Å². The predicted molar refractivity (Wildman–Crippen MR) is 64.9 cm³/mol. The molecule has 2 nitrogen and oxygen atoms in total. The Kier molecular flexibility index (Phi) is 2.58. The Balaban J connectivity index is 2.71. The Labute approximate surface area is 90.1 Å². The van der Waals surface area contributed by atoms with Crippen LogP contribution in [0.5, 0.6) is 0 Å². The van der Waals surface area contributed by atoms with Gasteiger partial charge in [0.1, 0.15) is 5.82 Å². The number of aromatic nitrogens is 1. The largest absolute Gasteiger partial charge is 0.383 e. The molecule has 0 radical (unpaired) electrons. The summed E-state index contributed by atoms with van der Waals surface area (Å²) < 4.78 is 0. The van der Waals surface area contributed by atoms with Gasteiger partial charge in [0.25, 0.3) is 0 Å². The summed E-state index contributed by atoms with van der Waals surface area (Å²) in [6, 6.07) is 8.31. The van der Waals surface area contributed by atoms with Crippen molar-refractivity contribution in [2.75, 3.05) is 5.73 Å². The molecular weight excluding hydrogens is 184 g/mol. The highest BCUT2D eigenvalue weighted by atomic mass is 14.8. The number of rotatable bonds is 2. The third-order valence-corrected chi connectivity index (χ3v) is 3.01. The van der Waals surface area contributed by atoms with Gasteiger partial charge < -0.3 is 5.73 Å². The molecule has 0 fully saturated rings. The van der Waals surface area contributed by atoms with Gasteiger partial charge >= 0.3 is 0 Å². The number of anilines is 1. The number of hydrogen-bond acceptors (Lipinski definition) is 2. The lowest BCUT2D eigenvalue weighted by Gasteiger charge is -2.12. The van der Waals surface area contributed by atoms with Gasteiger partial charge in [-0.25, -0.2) is 4.98 Å². The third-order valence-electron chi connectivity index (χ3n) is 3.01. The van der Waals surface area contributed by atoms with Gasteiger partial charge in [0.2, 0.25) is 0 Å². The standard InChI is InChI=1S/C13H16N2/c1-3-9(2)10-5-4-6-12-11(10)7-8-15-13(12)14/h4-9H,3H2,1-2H3,(H2,14,15). The van der Waals surface area contributed by atoms with Crippen molar-refractivity contribution in [3.05, 3.63) is 36.0 Å². The van der Waals surface area contributed by atoms with E-state index in [1.165, 1.54) is 10.9 Å². The molecule has 2 heteroatoms. The number of nitrogens with two attached hydrogens (primary N) is 1. The van der Waals surface area contributed by atoms with Crippen molar-refractivity contribution in [2.24, 2.45) is 0 Å². The quantitative estimate of drug-likeness (QED) is 0.807. The Hall–Kier alpha value is -1.57. The maximum atomic E-state index is 5.86. The van der Waals surface area contributed by atoms with Crippen molar-refractivity contribution in [2.45, 2.75) is 26.2 Å². The molecule has 2 rings (SSSR count). The summed E-state index contributed by atoms with van der Waals surface area (Å²) in [5.41, 5.74) is 7.22. The fourth-order valence-corrected chi connectivity index (χ4v) is 1.90. The van der Waals surface area contributed by atoms with Crippen molar-refractivity contribution >= 4 is 16.6 Å². The number of benzene rings is 1. The van der Waals surface area contributed by atoms with Crippen LogP contribution in [0, 0.1) is 0 Å². The zero-order valence-electron chi connectivity index (χ0n) is 9.20. The molecule has 0 saturated heterocycles. The molecule has 0 aliphatic carbocycles. The van der Waals surface area contributed by atoms with Crippen LogP contribution in [0.4, 0.5) is 5.82 Å². The molecule has 0 saturated carbocycles. The van der Waals surface area contributed by atoms with E-state index in [0.29, 0.717) is 11.7 Å². The molecule has 2 aromatic rings. The van der Waals surface area contributed by atoms with Crippen molar-refractivity contribution in [3.63, 3.8) is 0 Å². The maximum Gasteiger partial charge on any atom is 0.131 e. The Morgan fingerprint density at radius 1 is 1.27 bits per heavy atom. The second-order valence-corrected chi connectivity index (χ2v) is 3.95. The van der Waals surface area contributed by atoms with E-state index in [0.717, 1.165) is 11.8 Å². The van der Waals surface area contributed by atoms with Crippen molar-refractivity contribution in [3.8, 4) is 0 Å². The second-order valence-electron chi connectivity index (χ2n) is 3.95. The summed E-state index contributed by atoms with van der Waals surface area (Å²) in [5.74, 6) is 1.19. The van der Waals surface area contributed by atoms with Crippen LogP contribution in [-0.4, -0.2) is 4.98 Å². The molecule has 1 unspecified atom stereocenters. The van der Waals surface area contributed by atoms with Gasteiger partial charge in [0.05, 0.1) is 0 Å². The molecule has 1 heterocycles. The van der Waals surface area contributed by atoms with Crippen molar-refractivity contribution in [1.29, 1.82) is 0 Å². The van der Waals surface area contributed by atoms with E-state index >= 15 is 0 Å². The van der Waals surface area contributed by atoms with Crippen molar-refractivity contribution in [1.82, 2.24) is 4.98 Å². The van der Waals surface area contributed by atoms with Crippen LogP contribution in [0.2, 0.25) is 0 Å². The summed E-state index contributed by atoms with van der Waals surface area (Å²) in [6.45, 7) is 4.44. The Morgan fingerprint density at radius 2 is 2.07 bits per heavy atom. The summed E-state index contributed by atoms with van der Waals surface area (Å²) in [6.07, 6.45) is 2.92. The normalized spacial score (nSPS) is 12.9. The third kappa shape index (κ3) is 1.67. The number of nitrogens with zero attached hydrogens (tertiary/aromatic N) is 1. The Bertz CT molecular complexity index is 477. The number of pyridine rings is 1. The highest BCUT2D eigenvalue weighted by molar-refractivity contribution is 5.93. The maximum absolute atomic E-state index is 5.86. The van der Waals surface area contributed by atoms with E-state index < -0.39 is 0 Å². The van der Waals surface area contributed by atoms with Gasteiger partial charge in [0, 0.05) is 11.6 Å². The lowest BCUT2D eigenvalue weighted by atomic mass is 9.94. The van der Waals surface area contributed by atoms with Crippen molar-refractivity contribution < 1.29 is 0 Å². The molecule has 1 atom stereocenters. The van der Waals surface area contributed by atoms with Gasteiger partial charge in [0.15, 0.2) is 0 Å². The fourth-order valence-electron chi connectivity index (χ4n) is 1.90. The Morgan fingerprint density at radius 3 is 2.80 bits per heavy atom. The molecule has 15 heavy (non-hydrogen) atoms. The van der Waals surface area contributed by atoms with Gasteiger partial charge in [-0.3, -0.25) is 0 Å². The van der Waals surface area contributed by atoms with Crippen LogP contribution < -0.4 is 5.73 Å². The van der Waals surface area contributed by atoms with Gasteiger partial charge in [-0.05, 0) is 29.4 Å². The van der Waals surface area contributed by atoms with E-state index in [2.05, 4.69) is 31.0 Å². The monoisotopic (exact) mass is 200 g/mol. The van der Waals surface area contributed by atoms with Crippen LogP contribution in [0.3, 0.4) is 0 Å². The minimum absolute atomic E-state index is 0.565. The lowest BCUT2D eigenvalue weighted by molar-refractivity contribution is 0.739. The zero-order chi connectivity index (χ0) is 10.8. The number of nitrogen functional groups attached to an aromatic ring is 1. The van der Waals surface area contributed by atoms with Crippen LogP contribution in [0.25, 0.3) is 10.8 Å². The highest BCUT2D eigenvalue weighted by Crippen LogP contribution is 2.29. The topological polar surface area (TPSA) is 38.9 Å². The minimum atomic E-state index is 0.565. The first-order valence-corrected chi connectivity index (χ1v) is 5.37. The highest BCUT2D eigenvalue weighted by Gasteiger charge is 2.08. The van der Waals surface area contributed by atoms with E-state index in [9.17, 15) is 0 Å². The molecule has 0 aliphatic heterocycles. The van der Waals surface area contributed by atoms with Gasteiger partial charge in [-0.2, -0.15) is 0 Å². The molecule has 0 aliphatic rings. The smallest absolute Gasteiger partial charge is 0.131 e. The molecule has 0 bridgehead atoms. The van der Waals surface area contributed by atoms with E-state index in [4.69, 9.17) is 5.73 Å². The average Bonchev–Trinajstić information content (AvgIpc) is 2.28. The number of hydrogen-bond donors (Lipinski definition) is 1. The lowest BCUT2D eigenvalue weighted by Crippen LogP contribution is -1.96. The average molecular weight is 200 g/mol. The number of fused-ring (bicyclic) bond motifs is 1. The SMILES string of the molecule is CCC(C)c1cccc2c(N)nccc12. The molecule has 2 N–H and O–H groups in total. The van der Waals surface area contributed by atoms with E-state index in [1.807, 2.05) is 12.1 Å². The first-order valence-electron chi connectivity index (χ1n) is 5.37.